The minimum atomic E-state index is -3.75. The lowest BCUT2D eigenvalue weighted by Gasteiger charge is -2.38. The first-order valence-electron chi connectivity index (χ1n) is 10.1. The van der Waals surface area contributed by atoms with Crippen molar-refractivity contribution in [3.8, 4) is 11.1 Å². The lowest BCUT2D eigenvalue weighted by Crippen LogP contribution is -2.42. The second-order valence-electron chi connectivity index (χ2n) is 7.99. The molecule has 2 N–H and O–H groups in total. The van der Waals surface area contributed by atoms with Crippen LogP contribution in [0.1, 0.15) is 18.0 Å². The summed E-state index contributed by atoms with van der Waals surface area (Å²) < 4.78 is 30.1. The van der Waals surface area contributed by atoms with Crippen LogP contribution in [0, 0.1) is 5.92 Å². The maximum Gasteiger partial charge on any atom is 0.262 e. The van der Waals surface area contributed by atoms with Gasteiger partial charge < -0.3 is 15.0 Å². The van der Waals surface area contributed by atoms with Crippen LogP contribution in [-0.2, 0) is 17.1 Å². The first-order valence-corrected chi connectivity index (χ1v) is 11.5. The topological polar surface area (TPSA) is 87.5 Å². The number of aromatic nitrogens is 2. The molecule has 0 bridgehead atoms. The number of benzene rings is 2. The van der Waals surface area contributed by atoms with Gasteiger partial charge in [0.05, 0.1) is 25.0 Å². The molecule has 2 aliphatic rings. The number of nitrogens with one attached hydrogen (secondary N) is 1. The molecule has 156 valence electrons. The minimum absolute atomic E-state index is 0.00740. The van der Waals surface area contributed by atoms with Gasteiger partial charge in [-0.1, -0.05) is 36.4 Å². The van der Waals surface area contributed by atoms with Gasteiger partial charge in [-0.05, 0) is 35.2 Å². The predicted octanol–water partition coefficient (Wildman–Crippen LogP) is 2.63. The van der Waals surface area contributed by atoms with Crippen LogP contribution in [0.5, 0.6) is 0 Å². The molecule has 0 saturated carbocycles. The zero-order chi connectivity index (χ0) is 20.9. The summed E-state index contributed by atoms with van der Waals surface area (Å²) in [6.07, 6.45) is 3.72. The smallest absolute Gasteiger partial charge is 0.262 e. The lowest BCUT2D eigenvalue weighted by atomic mass is 9.82. The molecule has 30 heavy (non-hydrogen) atoms. The zero-order valence-electron chi connectivity index (χ0n) is 16.6. The van der Waals surface area contributed by atoms with Crippen molar-refractivity contribution in [3.05, 3.63) is 66.6 Å². The molecule has 0 radical (unpaired) electrons. The number of imidazole rings is 1. The Balaban J connectivity index is 1.62. The highest BCUT2D eigenvalue weighted by Crippen LogP contribution is 2.49. The summed E-state index contributed by atoms with van der Waals surface area (Å²) in [7, 11) is -1.99. The van der Waals surface area contributed by atoms with E-state index in [1.165, 1.54) is 12.5 Å². The second-order valence-corrected chi connectivity index (χ2v) is 9.83. The summed E-state index contributed by atoms with van der Waals surface area (Å²) in [5, 5.41) is 13.4. The number of aryl methyl sites for hydroxylation is 1. The van der Waals surface area contributed by atoms with E-state index in [4.69, 9.17) is 0 Å². The maximum absolute atomic E-state index is 13.4. The molecule has 0 unspecified atom stereocenters. The highest BCUT2D eigenvalue weighted by molar-refractivity contribution is 7.89. The Morgan fingerprint density at radius 3 is 2.67 bits per heavy atom. The van der Waals surface area contributed by atoms with Crippen LogP contribution < -0.4 is 5.32 Å². The Kier molecular flexibility index (Phi) is 4.65. The van der Waals surface area contributed by atoms with Gasteiger partial charge in [0.25, 0.3) is 10.0 Å². The van der Waals surface area contributed by atoms with Crippen molar-refractivity contribution in [2.75, 3.05) is 18.5 Å². The van der Waals surface area contributed by atoms with E-state index >= 15 is 0 Å². The van der Waals surface area contributed by atoms with Crippen molar-refractivity contribution in [2.24, 2.45) is 13.0 Å². The van der Waals surface area contributed by atoms with Gasteiger partial charge in [-0.25, -0.2) is 13.4 Å². The standard InChI is InChI=1S/C22H24N4O3S/c1-25-12-21(23-14-25)30(28,29)26-10-9-17-20(13-27)24-19-8-7-16(11-18(19)22(17)26)15-5-3-2-4-6-15/h2-8,11-12,14,17,20,22,24,27H,9-10,13H2,1H3/t17-,20-,22-/m1/s1. The third-order valence-corrected chi connectivity index (χ3v) is 7.95. The van der Waals surface area contributed by atoms with Crippen LogP contribution in [0.15, 0.2) is 66.1 Å². The van der Waals surface area contributed by atoms with Crippen molar-refractivity contribution in [1.82, 2.24) is 13.9 Å². The van der Waals surface area contributed by atoms with E-state index < -0.39 is 10.0 Å². The molecule has 8 heteroatoms. The van der Waals surface area contributed by atoms with Gasteiger partial charge in [0.15, 0.2) is 5.03 Å². The van der Waals surface area contributed by atoms with E-state index in [1.54, 1.807) is 15.9 Å². The monoisotopic (exact) mass is 424 g/mol. The van der Waals surface area contributed by atoms with Gasteiger partial charge >= 0.3 is 0 Å². The molecule has 3 aromatic rings. The number of anilines is 1. The second kappa shape index (κ2) is 7.23. The highest BCUT2D eigenvalue weighted by atomic mass is 32.2. The fourth-order valence-electron chi connectivity index (χ4n) is 4.74. The number of hydrogen-bond donors (Lipinski definition) is 2. The SMILES string of the molecule is Cn1cnc(S(=O)(=O)N2CC[C@@H]3[C@@H](CO)Nc4ccc(-c5ccccc5)cc4[C@@H]32)c1. The number of aliphatic hydroxyl groups is 1. The van der Waals surface area contributed by atoms with E-state index in [0.717, 1.165) is 22.4 Å². The van der Waals surface area contributed by atoms with Crippen LogP contribution >= 0.6 is 0 Å². The van der Waals surface area contributed by atoms with E-state index in [0.29, 0.717) is 13.0 Å². The summed E-state index contributed by atoms with van der Waals surface area (Å²) in [5.41, 5.74) is 3.94. The molecule has 0 spiro atoms. The first kappa shape index (κ1) is 19.3. The summed E-state index contributed by atoms with van der Waals surface area (Å²) in [6.45, 7) is 0.361. The number of nitrogens with zero attached hydrogens (tertiary/aromatic N) is 3. The highest BCUT2D eigenvalue weighted by Gasteiger charge is 2.49. The average molecular weight is 425 g/mol. The molecular formula is C22H24N4O3S. The molecule has 2 aliphatic heterocycles. The third kappa shape index (κ3) is 3.03. The molecule has 2 aromatic carbocycles. The van der Waals surface area contributed by atoms with E-state index in [1.807, 2.05) is 42.5 Å². The van der Waals surface area contributed by atoms with Crippen molar-refractivity contribution in [3.63, 3.8) is 0 Å². The maximum atomic E-state index is 13.4. The Labute approximate surface area is 176 Å². The molecule has 3 heterocycles. The van der Waals surface area contributed by atoms with Crippen molar-refractivity contribution in [2.45, 2.75) is 23.5 Å². The molecule has 5 rings (SSSR count). The Hall–Kier alpha value is -2.68. The molecule has 1 fully saturated rings. The Morgan fingerprint density at radius 2 is 1.97 bits per heavy atom. The van der Waals surface area contributed by atoms with E-state index in [-0.39, 0.29) is 29.6 Å². The molecule has 0 aliphatic carbocycles. The Bertz CT molecular complexity index is 1180. The summed E-state index contributed by atoms with van der Waals surface area (Å²) >= 11 is 0. The van der Waals surface area contributed by atoms with Gasteiger partial charge in [-0.15, -0.1) is 0 Å². The van der Waals surface area contributed by atoms with E-state index in [9.17, 15) is 13.5 Å². The number of sulfonamides is 1. The van der Waals surface area contributed by atoms with E-state index in [2.05, 4.69) is 16.4 Å². The first-order chi connectivity index (χ1) is 14.5. The van der Waals surface area contributed by atoms with Crippen LogP contribution in [0.25, 0.3) is 11.1 Å². The molecule has 1 aromatic heterocycles. The summed E-state index contributed by atoms with van der Waals surface area (Å²) in [4.78, 5) is 4.10. The van der Waals surface area contributed by atoms with Gasteiger partial charge in [0, 0.05) is 31.4 Å². The summed E-state index contributed by atoms with van der Waals surface area (Å²) in [5.74, 6) is -0.00740. The van der Waals surface area contributed by atoms with Gasteiger partial charge in [0.1, 0.15) is 0 Å². The molecular weight excluding hydrogens is 400 g/mol. The minimum Gasteiger partial charge on any atom is -0.394 e. The van der Waals surface area contributed by atoms with Crippen molar-refractivity contribution < 1.29 is 13.5 Å². The lowest BCUT2D eigenvalue weighted by molar-refractivity contribution is 0.210. The number of hydrogen-bond acceptors (Lipinski definition) is 5. The van der Waals surface area contributed by atoms with Crippen LogP contribution in [0.3, 0.4) is 0 Å². The van der Waals surface area contributed by atoms with Crippen LogP contribution in [0.2, 0.25) is 0 Å². The summed E-state index contributed by atoms with van der Waals surface area (Å²) in [6, 6.07) is 15.6. The van der Waals surface area contributed by atoms with Crippen molar-refractivity contribution in [1.29, 1.82) is 0 Å². The van der Waals surface area contributed by atoms with Gasteiger partial charge in [-0.2, -0.15) is 4.31 Å². The number of fused-ring (bicyclic) bond motifs is 3. The fraction of sp³-hybridized carbons (Fsp3) is 0.318. The third-order valence-electron chi connectivity index (χ3n) is 6.18. The zero-order valence-corrected chi connectivity index (χ0v) is 17.5. The largest absolute Gasteiger partial charge is 0.394 e. The number of rotatable bonds is 4. The quantitative estimate of drug-likeness (QED) is 0.672. The average Bonchev–Trinajstić information content (AvgIpc) is 3.41. The van der Waals surface area contributed by atoms with Gasteiger partial charge in [0.2, 0.25) is 0 Å². The molecule has 1 saturated heterocycles. The Morgan fingerprint density at radius 1 is 1.17 bits per heavy atom. The normalized spacial score (nSPS) is 23.6. The molecule has 3 atom stereocenters. The molecule has 7 nitrogen and oxygen atoms in total. The van der Waals surface area contributed by atoms with Crippen LogP contribution in [0.4, 0.5) is 5.69 Å². The molecule has 0 amide bonds. The fourth-order valence-corrected chi connectivity index (χ4v) is 6.38. The van der Waals surface area contributed by atoms with Crippen LogP contribution in [-0.4, -0.2) is 46.6 Å². The van der Waals surface area contributed by atoms with Crippen molar-refractivity contribution >= 4 is 15.7 Å². The van der Waals surface area contributed by atoms with Gasteiger partial charge in [-0.3, -0.25) is 0 Å². The predicted molar refractivity (Wildman–Crippen MR) is 114 cm³/mol. The number of aliphatic hydroxyl groups excluding tert-OH is 1.